The highest BCUT2D eigenvalue weighted by Crippen LogP contribution is 2.38. The molecule has 1 heterocycles. The molecule has 6 nitrogen and oxygen atoms in total. The highest BCUT2D eigenvalue weighted by molar-refractivity contribution is 6.42. The molecule has 0 spiro atoms. The Kier molecular flexibility index (Phi) is 8.57. The summed E-state index contributed by atoms with van der Waals surface area (Å²) < 4.78 is 80.0. The minimum absolute atomic E-state index is 0.0368. The Morgan fingerprint density at radius 1 is 0.947 bits per heavy atom. The lowest BCUT2D eigenvalue weighted by Gasteiger charge is -2.30. The van der Waals surface area contributed by atoms with E-state index in [0.717, 1.165) is 4.90 Å². The van der Waals surface area contributed by atoms with Gasteiger partial charge in [0.15, 0.2) is 0 Å². The van der Waals surface area contributed by atoms with E-state index in [4.69, 9.17) is 23.2 Å². The molecule has 38 heavy (non-hydrogen) atoms. The number of likely N-dealkylation sites (tertiary alicyclic amines) is 1. The first-order valence-electron chi connectivity index (χ1n) is 11.0. The molecule has 1 fully saturated rings. The quantitative estimate of drug-likeness (QED) is 0.490. The van der Waals surface area contributed by atoms with Crippen LogP contribution in [0.4, 0.5) is 26.3 Å². The second-order valence-electron chi connectivity index (χ2n) is 8.77. The molecule has 0 saturated carbocycles. The summed E-state index contributed by atoms with van der Waals surface area (Å²) in [5, 5.41) is 2.77. The second kappa shape index (κ2) is 11.0. The van der Waals surface area contributed by atoms with Gasteiger partial charge >= 0.3 is 12.4 Å². The summed E-state index contributed by atoms with van der Waals surface area (Å²) in [4.78, 5) is 39.5. The largest absolute Gasteiger partial charge is 0.416 e. The third kappa shape index (κ3) is 6.71. The number of nitrogens with zero attached hydrogens (tertiary/aromatic N) is 2. The fourth-order valence-corrected chi connectivity index (χ4v) is 4.50. The van der Waals surface area contributed by atoms with Crippen LogP contribution in [-0.4, -0.2) is 60.2 Å². The number of carbonyl (C=O) groups is 3. The van der Waals surface area contributed by atoms with Gasteiger partial charge in [0.25, 0.3) is 5.91 Å². The van der Waals surface area contributed by atoms with Gasteiger partial charge in [-0.25, -0.2) is 0 Å². The molecule has 206 valence electrons. The van der Waals surface area contributed by atoms with E-state index in [2.05, 4.69) is 5.32 Å². The molecule has 2 aromatic carbocycles. The van der Waals surface area contributed by atoms with E-state index < -0.39 is 58.7 Å². The average molecular weight is 584 g/mol. The smallest absolute Gasteiger partial charge is 0.347 e. The maximum absolute atomic E-state index is 13.3. The van der Waals surface area contributed by atoms with Crippen LogP contribution in [0.3, 0.4) is 0 Å². The predicted molar refractivity (Wildman–Crippen MR) is 127 cm³/mol. The van der Waals surface area contributed by atoms with Crippen LogP contribution < -0.4 is 5.32 Å². The van der Waals surface area contributed by atoms with Crippen molar-refractivity contribution in [2.45, 2.75) is 31.2 Å². The van der Waals surface area contributed by atoms with Crippen LogP contribution in [0.25, 0.3) is 0 Å². The standard InChI is InChI=1S/C24H21Cl2F6N3O3/c1-12(36)33-9-21(37)35-10-17(13-3-4-18(25)19(26)7-13)20(11-35)34(2)22(38)14-5-15(23(27,28)29)8-16(6-14)24(30,31)32/h3-8,17,20H,9-11H2,1-2H3,(H,33,36). The van der Waals surface area contributed by atoms with E-state index in [9.17, 15) is 40.7 Å². The molecule has 1 aliphatic heterocycles. The number of hydrogen-bond acceptors (Lipinski definition) is 3. The number of rotatable bonds is 5. The molecule has 0 aromatic heterocycles. The number of likely N-dealkylation sites (N-methyl/N-ethyl adjacent to an activating group) is 1. The number of nitrogens with one attached hydrogen (secondary N) is 1. The number of carbonyl (C=O) groups excluding carboxylic acids is 3. The van der Waals surface area contributed by atoms with Gasteiger partial charge in [0.05, 0.1) is 33.8 Å². The number of halogens is 8. The third-order valence-electron chi connectivity index (χ3n) is 6.15. The van der Waals surface area contributed by atoms with E-state index in [1.165, 1.54) is 31.0 Å². The number of benzene rings is 2. The van der Waals surface area contributed by atoms with E-state index in [0.29, 0.717) is 17.7 Å². The Hall–Kier alpha value is -2.99. The highest BCUT2D eigenvalue weighted by Gasteiger charge is 2.42. The topological polar surface area (TPSA) is 69.7 Å². The zero-order valence-electron chi connectivity index (χ0n) is 19.9. The van der Waals surface area contributed by atoms with E-state index in [1.807, 2.05) is 0 Å². The molecule has 0 aliphatic carbocycles. The van der Waals surface area contributed by atoms with Gasteiger partial charge in [0.2, 0.25) is 11.8 Å². The SMILES string of the molecule is CC(=O)NCC(=O)N1CC(c2ccc(Cl)c(Cl)c2)C(N(C)C(=O)c2cc(C(F)(F)F)cc(C(F)(F)F)c2)C1. The normalized spacial score (nSPS) is 17.9. The monoisotopic (exact) mass is 583 g/mol. The van der Waals surface area contributed by atoms with Gasteiger partial charge in [-0.05, 0) is 35.9 Å². The lowest BCUT2D eigenvalue weighted by molar-refractivity contribution is -0.143. The summed E-state index contributed by atoms with van der Waals surface area (Å²) >= 11 is 12.1. The molecule has 0 radical (unpaired) electrons. The van der Waals surface area contributed by atoms with Crippen LogP contribution in [0.1, 0.15) is 39.9 Å². The highest BCUT2D eigenvalue weighted by atomic mass is 35.5. The molecule has 14 heteroatoms. The fourth-order valence-electron chi connectivity index (χ4n) is 4.20. The van der Waals surface area contributed by atoms with Crippen LogP contribution >= 0.6 is 23.2 Å². The minimum Gasteiger partial charge on any atom is -0.347 e. The van der Waals surface area contributed by atoms with Crippen molar-refractivity contribution in [1.82, 2.24) is 15.1 Å². The van der Waals surface area contributed by atoms with Gasteiger partial charge in [-0.15, -0.1) is 0 Å². The predicted octanol–water partition coefficient (Wildman–Crippen LogP) is 5.23. The Morgan fingerprint density at radius 3 is 2.03 bits per heavy atom. The van der Waals surface area contributed by atoms with Crippen LogP contribution in [0.5, 0.6) is 0 Å². The Bertz CT molecular complexity index is 1220. The van der Waals surface area contributed by atoms with Crippen molar-refractivity contribution in [2.24, 2.45) is 0 Å². The Labute approximate surface area is 223 Å². The molecule has 3 amide bonds. The van der Waals surface area contributed by atoms with Crippen molar-refractivity contribution in [3.05, 3.63) is 68.7 Å². The Balaban J connectivity index is 2.00. The Morgan fingerprint density at radius 2 is 1.53 bits per heavy atom. The summed E-state index contributed by atoms with van der Waals surface area (Å²) in [5.41, 5.74) is -3.52. The fraction of sp³-hybridized carbons (Fsp3) is 0.375. The zero-order valence-corrected chi connectivity index (χ0v) is 21.4. The molecule has 1 aliphatic rings. The first kappa shape index (κ1) is 29.6. The number of hydrogen-bond donors (Lipinski definition) is 1. The van der Waals surface area contributed by atoms with Crippen molar-refractivity contribution in [1.29, 1.82) is 0 Å². The second-order valence-corrected chi connectivity index (χ2v) is 9.58. The van der Waals surface area contributed by atoms with Crippen molar-refractivity contribution >= 4 is 40.9 Å². The first-order valence-corrected chi connectivity index (χ1v) is 11.8. The first-order chi connectivity index (χ1) is 17.5. The molecule has 2 atom stereocenters. The molecular weight excluding hydrogens is 563 g/mol. The van der Waals surface area contributed by atoms with Gasteiger partial charge in [0, 0.05) is 38.5 Å². The van der Waals surface area contributed by atoms with Gasteiger partial charge in [-0.3, -0.25) is 14.4 Å². The van der Waals surface area contributed by atoms with Gasteiger partial charge in [0.1, 0.15) is 0 Å². The van der Waals surface area contributed by atoms with E-state index in [-0.39, 0.29) is 35.7 Å². The summed E-state index contributed by atoms with van der Waals surface area (Å²) in [5.74, 6) is -2.67. The summed E-state index contributed by atoms with van der Waals surface area (Å²) in [6.07, 6.45) is -10.3. The molecule has 0 bridgehead atoms. The van der Waals surface area contributed by atoms with Gasteiger partial charge in [-0.2, -0.15) is 26.3 Å². The molecule has 2 aromatic rings. The van der Waals surface area contributed by atoms with Crippen LogP contribution in [-0.2, 0) is 21.9 Å². The molecule has 3 rings (SSSR count). The lowest BCUT2D eigenvalue weighted by Crippen LogP contribution is -2.43. The van der Waals surface area contributed by atoms with Crippen LogP contribution in [0.15, 0.2) is 36.4 Å². The van der Waals surface area contributed by atoms with E-state index >= 15 is 0 Å². The van der Waals surface area contributed by atoms with Crippen LogP contribution in [0.2, 0.25) is 10.0 Å². The molecule has 1 saturated heterocycles. The average Bonchev–Trinajstić information content (AvgIpc) is 3.27. The molecule has 1 N–H and O–H groups in total. The summed E-state index contributed by atoms with van der Waals surface area (Å²) in [7, 11) is 1.23. The van der Waals surface area contributed by atoms with Crippen LogP contribution in [0, 0.1) is 0 Å². The zero-order chi connectivity index (χ0) is 28.6. The lowest BCUT2D eigenvalue weighted by atomic mass is 9.93. The third-order valence-corrected chi connectivity index (χ3v) is 6.89. The van der Waals surface area contributed by atoms with Gasteiger partial charge < -0.3 is 15.1 Å². The minimum atomic E-state index is -5.13. The maximum atomic E-state index is 13.3. The van der Waals surface area contributed by atoms with Crippen molar-refractivity contribution in [3.63, 3.8) is 0 Å². The summed E-state index contributed by atoms with van der Waals surface area (Å²) in [6.45, 7) is 0.817. The number of alkyl halides is 6. The summed E-state index contributed by atoms with van der Waals surface area (Å²) in [6, 6.07) is 4.39. The molecule has 2 unspecified atom stereocenters. The van der Waals surface area contributed by atoms with Gasteiger partial charge in [-0.1, -0.05) is 29.3 Å². The van der Waals surface area contributed by atoms with Crippen molar-refractivity contribution < 1.29 is 40.7 Å². The number of amides is 3. The van der Waals surface area contributed by atoms with Crippen molar-refractivity contribution in [2.75, 3.05) is 26.7 Å². The maximum Gasteiger partial charge on any atom is 0.416 e. The van der Waals surface area contributed by atoms with E-state index in [1.54, 1.807) is 6.07 Å². The van der Waals surface area contributed by atoms with Crippen molar-refractivity contribution in [3.8, 4) is 0 Å². The molecular formula is C24H21Cl2F6N3O3.